The molecule has 2 rings (SSSR count). The second kappa shape index (κ2) is 5.46. The second-order valence-corrected chi connectivity index (χ2v) is 6.32. The fraction of sp³-hybridized carbons (Fsp3) is 0.500. The van der Waals surface area contributed by atoms with Crippen LogP contribution in [0.5, 0.6) is 0 Å². The maximum atomic E-state index is 13.0. The Labute approximate surface area is 108 Å². The lowest BCUT2D eigenvalue weighted by Crippen LogP contribution is -2.35. The van der Waals surface area contributed by atoms with Crippen LogP contribution in [-0.4, -0.2) is 22.5 Å². The van der Waals surface area contributed by atoms with Crippen LogP contribution < -0.4 is 5.32 Å². The van der Waals surface area contributed by atoms with Crippen molar-refractivity contribution < 1.29 is 8.60 Å². The lowest BCUT2D eigenvalue weighted by Gasteiger charge is -2.18. The average Bonchev–Trinajstić information content (AvgIpc) is 2.80. The Morgan fingerprint density at radius 3 is 2.88 bits per heavy atom. The molecule has 1 aliphatic rings. The van der Waals surface area contributed by atoms with Crippen LogP contribution in [0.15, 0.2) is 23.1 Å². The summed E-state index contributed by atoms with van der Waals surface area (Å²) in [4.78, 5) is 0.614. The first-order valence-electron chi connectivity index (χ1n) is 5.66. The molecule has 0 saturated heterocycles. The van der Waals surface area contributed by atoms with Gasteiger partial charge in [-0.15, -0.1) is 0 Å². The molecule has 1 aliphatic carbocycles. The van der Waals surface area contributed by atoms with Crippen LogP contribution in [0.3, 0.4) is 0 Å². The summed E-state index contributed by atoms with van der Waals surface area (Å²) in [5.41, 5.74) is 0. The Morgan fingerprint density at radius 2 is 2.24 bits per heavy atom. The molecule has 1 fully saturated rings. The quantitative estimate of drug-likeness (QED) is 0.919. The SMILES string of the molecule is CNC1CCCC1S(=O)c1ccc(F)c(Cl)c1. The predicted molar refractivity (Wildman–Crippen MR) is 68.3 cm³/mol. The number of hydrogen-bond acceptors (Lipinski definition) is 2. The zero-order valence-electron chi connectivity index (χ0n) is 9.58. The van der Waals surface area contributed by atoms with E-state index in [2.05, 4.69) is 5.32 Å². The van der Waals surface area contributed by atoms with Crippen LogP contribution in [0.25, 0.3) is 0 Å². The van der Waals surface area contributed by atoms with E-state index in [1.807, 2.05) is 7.05 Å². The van der Waals surface area contributed by atoms with E-state index in [9.17, 15) is 8.60 Å². The molecule has 0 amide bonds. The first-order chi connectivity index (χ1) is 8.13. The number of halogens is 2. The van der Waals surface area contributed by atoms with E-state index in [1.54, 1.807) is 6.07 Å². The summed E-state index contributed by atoms with van der Waals surface area (Å²) in [6, 6.07) is 4.58. The van der Waals surface area contributed by atoms with Crippen LogP contribution in [0.2, 0.25) is 5.02 Å². The molecule has 0 heterocycles. The van der Waals surface area contributed by atoms with Gasteiger partial charge in [0, 0.05) is 10.9 Å². The van der Waals surface area contributed by atoms with Gasteiger partial charge in [0.1, 0.15) is 5.82 Å². The lowest BCUT2D eigenvalue weighted by atomic mass is 10.2. The topological polar surface area (TPSA) is 29.1 Å². The average molecular weight is 276 g/mol. The van der Waals surface area contributed by atoms with Crippen molar-refractivity contribution in [3.8, 4) is 0 Å². The molecule has 0 spiro atoms. The number of hydrogen-bond donors (Lipinski definition) is 1. The van der Waals surface area contributed by atoms with E-state index in [0.29, 0.717) is 4.90 Å². The molecule has 1 aromatic rings. The summed E-state index contributed by atoms with van der Waals surface area (Å²) in [7, 11) is 0.766. The zero-order chi connectivity index (χ0) is 12.4. The highest BCUT2D eigenvalue weighted by Crippen LogP contribution is 2.28. The maximum Gasteiger partial charge on any atom is 0.141 e. The number of nitrogens with one attached hydrogen (secondary N) is 1. The van der Waals surface area contributed by atoms with Crippen LogP contribution in [0, 0.1) is 5.82 Å². The molecule has 0 aliphatic heterocycles. The molecule has 1 N–H and O–H groups in total. The van der Waals surface area contributed by atoms with Gasteiger partial charge in [-0.2, -0.15) is 0 Å². The minimum Gasteiger partial charge on any atom is -0.316 e. The van der Waals surface area contributed by atoms with Gasteiger partial charge in [-0.25, -0.2) is 4.39 Å². The van der Waals surface area contributed by atoms with Gasteiger partial charge >= 0.3 is 0 Å². The largest absolute Gasteiger partial charge is 0.316 e. The van der Waals surface area contributed by atoms with Crippen LogP contribution in [-0.2, 0) is 10.8 Å². The van der Waals surface area contributed by atoms with Crippen LogP contribution >= 0.6 is 11.6 Å². The minimum absolute atomic E-state index is 0.0369. The minimum atomic E-state index is -1.12. The van der Waals surface area contributed by atoms with E-state index in [1.165, 1.54) is 12.1 Å². The van der Waals surface area contributed by atoms with Gasteiger partial charge in [0.05, 0.1) is 21.1 Å². The van der Waals surface area contributed by atoms with Gasteiger partial charge in [0.2, 0.25) is 0 Å². The number of rotatable bonds is 3. The summed E-state index contributed by atoms with van der Waals surface area (Å²) in [5, 5.41) is 3.33. The van der Waals surface area contributed by atoms with Gasteiger partial charge in [-0.1, -0.05) is 18.0 Å². The van der Waals surface area contributed by atoms with Gasteiger partial charge in [0.15, 0.2) is 0 Å². The van der Waals surface area contributed by atoms with Crippen molar-refractivity contribution in [1.29, 1.82) is 0 Å². The molecule has 2 nitrogen and oxygen atoms in total. The zero-order valence-corrected chi connectivity index (χ0v) is 11.2. The highest BCUT2D eigenvalue weighted by molar-refractivity contribution is 7.85. The van der Waals surface area contributed by atoms with Crippen LogP contribution in [0.1, 0.15) is 19.3 Å². The van der Waals surface area contributed by atoms with Crippen molar-refractivity contribution in [3.63, 3.8) is 0 Å². The lowest BCUT2D eigenvalue weighted by molar-refractivity contribution is 0.576. The Hall–Kier alpha value is -0.450. The number of benzene rings is 1. The summed E-state index contributed by atoms with van der Waals surface area (Å²) in [5.74, 6) is -0.469. The highest BCUT2D eigenvalue weighted by Gasteiger charge is 2.31. The molecule has 5 heteroatoms. The standard InChI is InChI=1S/C12H15ClFNOS/c1-15-11-3-2-4-12(11)17(16)8-5-6-10(14)9(13)7-8/h5-7,11-12,15H,2-4H2,1H3. The van der Waals surface area contributed by atoms with E-state index in [-0.39, 0.29) is 16.3 Å². The highest BCUT2D eigenvalue weighted by atomic mass is 35.5. The van der Waals surface area contributed by atoms with E-state index < -0.39 is 16.6 Å². The third-order valence-electron chi connectivity index (χ3n) is 3.22. The smallest absolute Gasteiger partial charge is 0.141 e. The summed E-state index contributed by atoms with van der Waals surface area (Å²) in [6.07, 6.45) is 3.06. The van der Waals surface area contributed by atoms with Gasteiger partial charge in [-0.3, -0.25) is 4.21 Å². The van der Waals surface area contributed by atoms with Crippen molar-refractivity contribution in [1.82, 2.24) is 5.32 Å². The second-order valence-electron chi connectivity index (χ2n) is 4.24. The molecule has 0 aromatic heterocycles. The fourth-order valence-corrected chi connectivity index (χ4v) is 4.27. The summed E-state index contributed by atoms with van der Waals surface area (Å²) < 4.78 is 25.4. The molecule has 1 aromatic carbocycles. The Bertz CT molecular complexity index is 441. The van der Waals surface area contributed by atoms with E-state index in [0.717, 1.165) is 19.3 Å². The molecular formula is C12H15ClFNOS. The normalized spacial score (nSPS) is 26.1. The Kier molecular flexibility index (Phi) is 4.17. The van der Waals surface area contributed by atoms with E-state index >= 15 is 0 Å². The molecule has 17 heavy (non-hydrogen) atoms. The third kappa shape index (κ3) is 2.69. The molecule has 0 radical (unpaired) electrons. The van der Waals surface area contributed by atoms with Crippen molar-refractivity contribution in [3.05, 3.63) is 29.0 Å². The molecule has 0 bridgehead atoms. The fourth-order valence-electron chi connectivity index (χ4n) is 2.29. The first-order valence-corrected chi connectivity index (χ1v) is 7.25. The third-order valence-corrected chi connectivity index (χ3v) is 5.34. The van der Waals surface area contributed by atoms with Crippen molar-refractivity contribution in [2.75, 3.05) is 7.05 Å². The van der Waals surface area contributed by atoms with Crippen molar-refractivity contribution >= 4 is 22.4 Å². The van der Waals surface area contributed by atoms with Gasteiger partial charge in [-0.05, 0) is 38.1 Å². The van der Waals surface area contributed by atoms with Crippen molar-refractivity contribution in [2.45, 2.75) is 35.4 Å². The van der Waals surface area contributed by atoms with Crippen molar-refractivity contribution in [2.24, 2.45) is 0 Å². The summed E-state index contributed by atoms with van der Waals surface area (Å²) >= 11 is 5.71. The Balaban J connectivity index is 2.21. The molecule has 3 unspecified atom stereocenters. The van der Waals surface area contributed by atoms with Crippen LogP contribution in [0.4, 0.5) is 4.39 Å². The first kappa shape index (κ1) is 13.0. The molecule has 3 atom stereocenters. The monoisotopic (exact) mass is 275 g/mol. The summed E-state index contributed by atoms with van der Waals surface area (Å²) in [6.45, 7) is 0. The van der Waals surface area contributed by atoms with Gasteiger partial charge in [0.25, 0.3) is 0 Å². The van der Waals surface area contributed by atoms with E-state index in [4.69, 9.17) is 11.6 Å². The molecule has 94 valence electrons. The maximum absolute atomic E-state index is 13.0. The molecule has 1 saturated carbocycles. The Morgan fingerprint density at radius 1 is 1.47 bits per heavy atom. The van der Waals surface area contributed by atoms with Gasteiger partial charge < -0.3 is 5.32 Å². The predicted octanol–water partition coefficient (Wildman–Crippen LogP) is 2.73. The molecular weight excluding hydrogens is 261 g/mol.